The quantitative estimate of drug-likeness (QED) is 0.846. The van der Waals surface area contributed by atoms with Gasteiger partial charge in [0.25, 0.3) is 5.91 Å². The molecule has 0 atom stereocenters. The lowest BCUT2D eigenvalue weighted by Gasteiger charge is -2.05. The Kier molecular flexibility index (Phi) is 5.09. The second-order valence-electron chi connectivity index (χ2n) is 5.43. The van der Waals surface area contributed by atoms with Crippen LogP contribution in [-0.2, 0) is 4.79 Å². The van der Waals surface area contributed by atoms with Crippen LogP contribution in [-0.4, -0.2) is 25.3 Å². The number of ether oxygens (including phenoxy) is 2. The van der Waals surface area contributed by atoms with Crippen LogP contribution < -0.4 is 14.8 Å². The van der Waals surface area contributed by atoms with Gasteiger partial charge in [-0.1, -0.05) is 18.2 Å². The van der Waals surface area contributed by atoms with Crippen molar-refractivity contribution in [3.8, 4) is 11.5 Å². The Bertz CT molecular complexity index is 875. The zero-order chi connectivity index (χ0) is 17.8. The number of benzene rings is 2. The second-order valence-corrected chi connectivity index (χ2v) is 6.46. The van der Waals surface area contributed by atoms with Crippen molar-refractivity contribution in [2.75, 3.05) is 14.2 Å². The van der Waals surface area contributed by atoms with Gasteiger partial charge < -0.3 is 14.8 Å². The Morgan fingerprint density at radius 2 is 1.96 bits per heavy atom. The Hall–Kier alpha value is -2.73. The van der Waals surface area contributed by atoms with Crippen molar-refractivity contribution in [2.45, 2.75) is 6.92 Å². The summed E-state index contributed by atoms with van der Waals surface area (Å²) in [5.74, 6) is 1.24. The number of nitrogens with zero attached hydrogens (tertiary/aromatic N) is 1. The number of carbonyl (C=O) groups is 1. The van der Waals surface area contributed by atoms with Crippen molar-refractivity contribution < 1.29 is 14.3 Å². The van der Waals surface area contributed by atoms with E-state index >= 15 is 0 Å². The van der Waals surface area contributed by atoms with Crippen molar-refractivity contribution in [3.05, 3.63) is 58.5 Å². The fraction of sp³-hybridized carbons (Fsp3) is 0.158. The number of amides is 1. The molecule has 25 heavy (non-hydrogen) atoms. The SMILES string of the molecule is COc1cccc(/C=C2\SC(=Nc3cc(C)ccc3OC)NC2=O)c1. The minimum absolute atomic E-state index is 0.168. The van der Waals surface area contributed by atoms with E-state index in [2.05, 4.69) is 10.3 Å². The number of aliphatic imine (C=N–C) groups is 1. The third-order valence-corrected chi connectivity index (χ3v) is 4.51. The average Bonchev–Trinajstić information content (AvgIpc) is 2.94. The Balaban J connectivity index is 1.87. The molecule has 128 valence electrons. The first-order valence-electron chi connectivity index (χ1n) is 7.67. The first-order chi connectivity index (χ1) is 12.1. The number of rotatable bonds is 4. The second kappa shape index (κ2) is 7.44. The third-order valence-electron chi connectivity index (χ3n) is 3.60. The molecule has 2 aromatic carbocycles. The molecular formula is C19H18N2O3S. The van der Waals surface area contributed by atoms with E-state index in [4.69, 9.17) is 9.47 Å². The number of thioether (sulfide) groups is 1. The van der Waals surface area contributed by atoms with Crippen molar-refractivity contribution in [3.63, 3.8) is 0 Å². The van der Waals surface area contributed by atoms with E-state index in [0.29, 0.717) is 21.5 Å². The van der Waals surface area contributed by atoms with Crippen molar-refractivity contribution >= 4 is 34.6 Å². The number of hydrogen-bond acceptors (Lipinski definition) is 5. The standard InChI is InChI=1S/C19H18N2O3S/c1-12-7-8-16(24-3)15(9-12)20-19-21-18(22)17(25-19)11-13-5-4-6-14(10-13)23-2/h4-11H,1-3H3,(H,20,21,22)/b17-11-. The fourth-order valence-electron chi connectivity index (χ4n) is 2.36. The summed E-state index contributed by atoms with van der Waals surface area (Å²) in [6.45, 7) is 1.98. The zero-order valence-electron chi connectivity index (χ0n) is 14.2. The molecular weight excluding hydrogens is 336 g/mol. The van der Waals surface area contributed by atoms with E-state index in [9.17, 15) is 4.79 Å². The third kappa shape index (κ3) is 4.03. The minimum Gasteiger partial charge on any atom is -0.497 e. The molecule has 1 amide bonds. The maximum absolute atomic E-state index is 12.2. The van der Waals surface area contributed by atoms with Crippen molar-refractivity contribution in [1.29, 1.82) is 0 Å². The molecule has 0 unspecified atom stereocenters. The van der Waals surface area contributed by atoms with Gasteiger partial charge in [-0.3, -0.25) is 4.79 Å². The lowest BCUT2D eigenvalue weighted by Crippen LogP contribution is -2.19. The number of methoxy groups -OCH3 is 2. The zero-order valence-corrected chi connectivity index (χ0v) is 15.0. The molecule has 0 aliphatic carbocycles. The number of amidine groups is 1. The van der Waals surface area contributed by atoms with E-state index in [1.165, 1.54) is 11.8 Å². The van der Waals surface area contributed by atoms with Crippen molar-refractivity contribution in [1.82, 2.24) is 5.32 Å². The minimum atomic E-state index is -0.168. The molecule has 0 saturated carbocycles. The largest absolute Gasteiger partial charge is 0.497 e. The van der Waals surface area contributed by atoms with E-state index in [1.807, 2.05) is 55.5 Å². The molecule has 0 bridgehead atoms. The van der Waals surface area contributed by atoms with Crippen LogP contribution in [0.15, 0.2) is 52.4 Å². The molecule has 1 N–H and O–H groups in total. The molecule has 0 radical (unpaired) electrons. The highest BCUT2D eigenvalue weighted by Crippen LogP contribution is 2.33. The van der Waals surface area contributed by atoms with E-state index in [-0.39, 0.29) is 5.91 Å². The summed E-state index contributed by atoms with van der Waals surface area (Å²) in [6.07, 6.45) is 1.82. The lowest BCUT2D eigenvalue weighted by molar-refractivity contribution is -0.115. The number of carbonyl (C=O) groups excluding carboxylic acids is 1. The summed E-state index contributed by atoms with van der Waals surface area (Å²) in [6, 6.07) is 13.3. The molecule has 1 heterocycles. The van der Waals surface area contributed by atoms with Crippen LogP contribution in [0.4, 0.5) is 5.69 Å². The summed E-state index contributed by atoms with van der Waals surface area (Å²) in [5, 5.41) is 3.32. The molecule has 1 fully saturated rings. The van der Waals surface area contributed by atoms with E-state index in [0.717, 1.165) is 16.9 Å². The molecule has 1 aliphatic rings. The van der Waals surface area contributed by atoms with Crippen LogP contribution in [0.3, 0.4) is 0 Å². The first-order valence-corrected chi connectivity index (χ1v) is 8.49. The summed E-state index contributed by atoms with van der Waals surface area (Å²) in [7, 11) is 3.21. The molecule has 3 rings (SSSR count). The molecule has 2 aromatic rings. The Morgan fingerprint density at radius 3 is 2.72 bits per heavy atom. The van der Waals surface area contributed by atoms with Gasteiger partial charge in [0, 0.05) is 0 Å². The number of hydrogen-bond donors (Lipinski definition) is 1. The topological polar surface area (TPSA) is 59.9 Å². The predicted molar refractivity (Wildman–Crippen MR) is 102 cm³/mol. The maximum Gasteiger partial charge on any atom is 0.264 e. The van der Waals surface area contributed by atoms with Gasteiger partial charge in [0.15, 0.2) is 5.17 Å². The van der Waals surface area contributed by atoms with E-state index in [1.54, 1.807) is 14.2 Å². The van der Waals surface area contributed by atoms with Crippen LogP contribution in [0.5, 0.6) is 11.5 Å². The summed E-state index contributed by atoms with van der Waals surface area (Å²) in [5.41, 5.74) is 2.65. The summed E-state index contributed by atoms with van der Waals surface area (Å²) in [4.78, 5) is 17.3. The highest BCUT2D eigenvalue weighted by atomic mass is 32.2. The number of aryl methyl sites for hydroxylation is 1. The van der Waals surface area contributed by atoms with Gasteiger partial charge >= 0.3 is 0 Å². The van der Waals surface area contributed by atoms with Gasteiger partial charge in [-0.2, -0.15) is 0 Å². The van der Waals surface area contributed by atoms with Crippen LogP contribution in [0, 0.1) is 6.92 Å². The Labute approximate surface area is 150 Å². The molecule has 0 aromatic heterocycles. The van der Waals surface area contributed by atoms with Crippen LogP contribution in [0.2, 0.25) is 0 Å². The predicted octanol–water partition coefficient (Wildman–Crippen LogP) is 3.90. The fourth-order valence-corrected chi connectivity index (χ4v) is 3.19. The van der Waals surface area contributed by atoms with Gasteiger partial charge in [0.2, 0.25) is 0 Å². The highest BCUT2D eigenvalue weighted by Gasteiger charge is 2.24. The van der Waals surface area contributed by atoms with Gasteiger partial charge in [-0.15, -0.1) is 0 Å². The molecule has 0 spiro atoms. The normalized spacial score (nSPS) is 17.0. The Morgan fingerprint density at radius 1 is 1.12 bits per heavy atom. The summed E-state index contributed by atoms with van der Waals surface area (Å²) < 4.78 is 10.5. The van der Waals surface area contributed by atoms with Crippen LogP contribution in [0.1, 0.15) is 11.1 Å². The maximum atomic E-state index is 12.2. The summed E-state index contributed by atoms with van der Waals surface area (Å²) >= 11 is 1.30. The molecule has 6 heteroatoms. The highest BCUT2D eigenvalue weighted by molar-refractivity contribution is 8.18. The van der Waals surface area contributed by atoms with Gasteiger partial charge in [-0.05, 0) is 60.2 Å². The number of nitrogens with one attached hydrogen (secondary N) is 1. The molecule has 1 saturated heterocycles. The lowest BCUT2D eigenvalue weighted by atomic mass is 10.2. The van der Waals surface area contributed by atoms with Gasteiger partial charge in [0.1, 0.15) is 17.2 Å². The first kappa shape index (κ1) is 17.1. The smallest absolute Gasteiger partial charge is 0.264 e. The van der Waals surface area contributed by atoms with E-state index < -0.39 is 0 Å². The average molecular weight is 354 g/mol. The monoisotopic (exact) mass is 354 g/mol. The van der Waals surface area contributed by atoms with Crippen molar-refractivity contribution in [2.24, 2.45) is 4.99 Å². The van der Waals surface area contributed by atoms with Gasteiger partial charge in [0.05, 0.1) is 19.1 Å². The van der Waals surface area contributed by atoms with Crippen LogP contribution in [0.25, 0.3) is 6.08 Å². The van der Waals surface area contributed by atoms with Gasteiger partial charge in [-0.25, -0.2) is 4.99 Å². The molecule has 1 aliphatic heterocycles. The molecule has 5 nitrogen and oxygen atoms in total. The van der Waals surface area contributed by atoms with Crippen LogP contribution >= 0.6 is 11.8 Å².